The largest absolute Gasteiger partial charge is 0.550 e. The fourth-order valence-corrected chi connectivity index (χ4v) is 17.4. The van der Waals surface area contributed by atoms with Gasteiger partial charge in [0.25, 0.3) is 0 Å². The number of aromatic nitrogens is 1. The van der Waals surface area contributed by atoms with Gasteiger partial charge in [-0.3, -0.25) is 56.6 Å². The highest BCUT2D eigenvalue weighted by Gasteiger charge is 2.38. The summed E-state index contributed by atoms with van der Waals surface area (Å²) in [5, 5.41) is 162. The highest BCUT2D eigenvalue weighted by Crippen LogP contribution is 2.48. The number of nitrogens with zero attached hydrogens (tertiary/aromatic N) is 1. The zero-order chi connectivity index (χ0) is 111. The fraction of sp³-hybridized carbons (Fsp3) is 0.464. The number of nitrogens with one attached hydrogen (secondary N) is 4. The van der Waals surface area contributed by atoms with Crippen molar-refractivity contribution in [3.8, 4) is 0 Å². The van der Waals surface area contributed by atoms with Crippen LogP contribution in [0.4, 0.5) is 17.6 Å². The Bertz CT molecular complexity index is 5320. The Morgan fingerprint density at radius 2 is 0.545 bits per heavy atom. The van der Waals surface area contributed by atoms with Gasteiger partial charge in [-0.15, -0.1) is 0 Å². The Labute approximate surface area is 816 Å². The number of halogens is 4. The standard InChI is InChI=1S/C23H31FNO11P.C22H29FNO11P.C20H23FNO13P.C19H22FN2O13P/c1-3-13(2)17(10-19(26)14-4-7-16(24)8-5-14)21(29)25-18(23(32)33)11-36-37(34,35)12-15(22(30)31)6-9-20(27)28;1-12(2)16(9-18(25)13-3-6-15(23)7-4-13)20(28)24-17(22(31)32)10-35-36(33,34)11-14(21(29)30)5-8-19(26)27;21-12-4-1-10(2-5-12)15(23)7-13(19(29)30)17(26)22-14(20(31)32)8-35-36(33,34)9-11(18(27)28)3-6-16(24)25;20-14-3-1-9(6-21-14)13(23)5-11(18(29)30)16(26)22-12(19(31)32)7-35-36(33,34)8-10(17(27)28)2-4-15(24)25/h4-5,7-8,13,15,17-18H,3,6,9-12H2,1-2H3,(H,25,29)(H,27,28)(H,30,31)(H,32,33)(H,34,35);3-4,6-7,12,14,16-17H,5,8-11H2,1-2H3,(H,24,28)(H,26,27)(H,29,30)(H,31,32)(H,33,34);1-2,4-5,11,13-14H,3,6-9H2,(H,22,26)(H,24,25)(H,27,28)(H,29,30)(H,31,32)(H,33,34);1,3,6,10-12H,2,4-5,7-8H2,(H,22,26)(H,24,25)(H,27,28)(H,29,30)(H,31,32)(H,33,34)/p-14/t13?,15?,17?,18-;14?,16?,17-;11?,13?,14-;10?,11?,12-/m0000/s1. The Morgan fingerprint density at radius 1 is 0.317 bits per heavy atom. The lowest BCUT2D eigenvalue weighted by Gasteiger charge is -2.27. The van der Waals surface area contributed by atoms with Crippen LogP contribution in [0.2, 0.25) is 0 Å². The van der Waals surface area contributed by atoms with Gasteiger partial charge >= 0.3 is 30.4 Å². The molecule has 1 heterocycles. The number of amides is 4. The maximum absolute atomic E-state index is 13.1. The molecule has 8 N–H and O–H groups in total. The zero-order valence-corrected chi connectivity index (χ0v) is 79.7. The molecule has 0 radical (unpaired) electrons. The van der Waals surface area contributed by atoms with Crippen LogP contribution in [0.25, 0.3) is 0 Å². The molecule has 0 aliphatic carbocycles. The third-order valence-electron chi connectivity index (χ3n) is 20.2. The molecule has 17 atom stereocenters. The number of pyridine rings is 1. The summed E-state index contributed by atoms with van der Waals surface area (Å²) >= 11 is 0. The van der Waals surface area contributed by atoms with Gasteiger partial charge in [0.1, 0.15) is 17.5 Å². The van der Waals surface area contributed by atoms with E-state index in [9.17, 15) is 232 Å². The molecule has 0 bridgehead atoms. The summed E-state index contributed by atoms with van der Waals surface area (Å²) in [7, 11) is -19.4. The van der Waals surface area contributed by atoms with Gasteiger partial charge in [-0.05, 0) is 148 Å². The lowest BCUT2D eigenvalue weighted by Crippen LogP contribution is -2.54. The van der Waals surface area contributed by atoms with E-state index in [1.807, 2.05) is 0 Å². The minimum atomic E-state index is -4.91. The summed E-state index contributed by atoms with van der Waals surface area (Å²) in [6.45, 7) is 1.82. The van der Waals surface area contributed by atoms with Gasteiger partial charge in [-0.1, -0.05) is 34.1 Å². The van der Waals surface area contributed by atoms with Crippen LogP contribution in [0.1, 0.15) is 153 Å². The minimum absolute atomic E-state index is 0.136. The average Bonchev–Trinajstić information content (AvgIpc) is 0.854. The van der Waals surface area contributed by atoms with Gasteiger partial charge < -0.3 is 198 Å². The Kier molecular flexibility index (Phi) is 55.3. The van der Waals surface area contributed by atoms with Crippen LogP contribution in [0.3, 0.4) is 0 Å². The maximum Gasteiger partial charge on any atom is 0.328 e. The lowest BCUT2D eigenvalue weighted by molar-refractivity contribution is -0.314. The first-order valence-corrected chi connectivity index (χ1v) is 49.1. The van der Waals surface area contributed by atoms with Gasteiger partial charge in [0.2, 0.25) is 29.6 Å². The van der Waals surface area contributed by atoms with Crippen LogP contribution in [0.15, 0.2) is 91.1 Å². The van der Waals surface area contributed by atoms with Crippen molar-refractivity contribution in [1.82, 2.24) is 26.3 Å². The number of ketones is 4. The van der Waals surface area contributed by atoms with Gasteiger partial charge in [0.05, 0.1) is 123 Å². The predicted molar refractivity (Wildman–Crippen MR) is 439 cm³/mol. The second-order valence-electron chi connectivity index (χ2n) is 31.7. The molecular formula is C84H91F4N5O48P4-14. The molecule has 53 nitrogen and oxygen atoms in total. The average molecular weight is 2140 g/mol. The number of aliphatic carboxylic acids is 14. The van der Waals surface area contributed by atoms with Crippen molar-refractivity contribution < 1.29 is 250 Å². The van der Waals surface area contributed by atoms with E-state index >= 15 is 0 Å². The quantitative estimate of drug-likeness (QED) is 0.00669. The van der Waals surface area contributed by atoms with Gasteiger partial charge in [0.15, 0.2) is 23.1 Å². The predicted octanol–water partition coefficient (Wildman–Crippen LogP) is -14.0. The number of benzene rings is 3. The Morgan fingerprint density at radius 3 is 0.759 bits per heavy atom. The van der Waals surface area contributed by atoms with E-state index < -0.39 is 383 Å². The van der Waals surface area contributed by atoms with Crippen molar-refractivity contribution >= 4 is 161 Å². The normalized spacial score (nSPS) is 15.4. The molecule has 145 heavy (non-hydrogen) atoms. The molecule has 4 aromatic rings. The highest BCUT2D eigenvalue weighted by molar-refractivity contribution is 7.53. The second kappa shape index (κ2) is 62.1. The summed E-state index contributed by atoms with van der Waals surface area (Å²) in [5.41, 5.74) is -0.142. The number of carboxylic acid groups (broad SMARTS) is 14. The molecule has 3 aromatic carbocycles. The molecular weight excluding hydrogens is 2050 g/mol. The molecule has 1 aromatic heterocycles. The minimum Gasteiger partial charge on any atom is -0.550 e. The van der Waals surface area contributed by atoms with E-state index in [2.05, 4.69) is 33.7 Å². The summed E-state index contributed by atoms with van der Waals surface area (Å²) in [4.78, 5) is 297. The van der Waals surface area contributed by atoms with Crippen molar-refractivity contribution in [2.75, 3.05) is 51.1 Å². The van der Waals surface area contributed by atoms with E-state index in [4.69, 9.17) is 0 Å². The van der Waals surface area contributed by atoms with Crippen LogP contribution >= 0.6 is 30.4 Å². The molecule has 61 heteroatoms. The zero-order valence-electron chi connectivity index (χ0n) is 76.1. The first-order chi connectivity index (χ1) is 67.0. The van der Waals surface area contributed by atoms with Crippen LogP contribution < -0.4 is 92.8 Å². The third kappa shape index (κ3) is 51.4. The SMILES string of the molecule is CC(C)C(CC(=O)c1ccc(F)cc1)C(=O)N[C@@H](COP(=O)(O)CC(CCC(=O)[O-])C(=O)[O-])C(=O)[O-].CCC(C)C(CC(=O)c1ccc(F)cc1)C(=O)N[C@@H](COP(=O)(O)CC(CCC(=O)[O-])C(=O)[O-])C(=O)[O-].O=C([O-])CCC(CP(=O)(O)OC[C@H](NC(=O)C(CC(=O)c1ccc(F)cc1)C(=O)[O-])C(=O)[O-])C(=O)[O-].O=C([O-])CCC(CP(=O)(O)OC[C@H](NC(=O)C(CC(=O)c1ccc(F)nc1)C(=O)[O-])C(=O)[O-])C(=O)[O-]. The third-order valence-corrected chi connectivity index (χ3v) is 26.1. The monoisotopic (exact) mass is 2140 g/mol. The number of hydrogen-bond donors (Lipinski definition) is 8. The molecule has 13 unspecified atom stereocenters. The first-order valence-electron chi connectivity index (χ1n) is 42.0. The number of carbonyl (C=O) groups is 22. The number of hydrogen-bond acceptors (Lipinski definition) is 45. The molecule has 0 fully saturated rings. The van der Waals surface area contributed by atoms with E-state index in [0.29, 0.717) is 6.42 Å². The highest BCUT2D eigenvalue weighted by atomic mass is 31.2. The van der Waals surface area contributed by atoms with Gasteiger partial charge in [-0.25, -0.2) is 18.2 Å². The summed E-state index contributed by atoms with van der Waals surface area (Å²) < 4.78 is 119. The number of carbonyl (C=O) groups excluding carboxylic acids is 22. The van der Waals surface area contributed by atoms with Crippen molar-refractivity contribution in [1.29, 1.82) is 0 Å². The summed E-state index contributed by atoms with van der Waals surface area (Å²) in [5.74, 6) is -50.9. The molecule has 4 rings (SSSR count). The van der Waals surface area contributed by atoms with Gasteiger partial charge in [-0.2, -0.15) is 4.39 Å². The molecule has 0 saturated carbocycles. The van der Waals surface area contributed by atoms with E-state index in [0.717, 1.165) is 66.9 Å². The first kappa shape index (κ1) is 129. The lowest BCUT2D eigenvalue weighted by atomic mass is 9.85. The molecule has 0 spiro atoms. The van der Waals surface area contributed by atoms with Crippen LogP contribution in [-0.4, -0.2) is 230 Å². The summed E-state index contributed by atoms with van der Waals surface area (Å²) in [6, 6.07) is 6.48. The molecule has 0 aliphatic heterocycles. The Balaban J connectivity index is 0.000000967. The second-order valence-corrected chi connectivity index (χ2v) is 39.3. The van der Waals surface area contributed by atoms with Crippen LogP contribution in [0, 0.1) is 82.6 Å². The topological polar surface area (TPSA) is 946 Å². The number of rotatable bonds is 65. The molecule has 0 saturated heterocycles. The molecule has 0 aliphatic rings. The summed E-state index contributed by atoms with van der Waals surface area (Å²) in [6.07, 6.45) is -11.6. The van der Waals surface area contributed by atoms with Crippen molar-refractivity contribution in [3.05, 3.63) is 137 Å². The number of Topliss-reactive ketones (excluding diaryl/α,β-unsaturated/α-hetero) is 4. The number of carboxylic acids is 14. The van der Waals surface area contributed by atoms with Crippen LogP contribution in [-0.2, 0) is 123 Å². The molecule has 4 amide bonds. The van der Waals surface area contributed by atoms with E-state index in [-0.39, 0.29) is 35.1 Å². The van der Waals surface area contributed by atoms with Crippen molar-refractivity contribution in [2.24, 2.45) is 59.2 Å². The van der Waals surface area contributed by atoms with Crippen LogP contribution in [0.5, 0.6) is 0 Å². The van der Waals surface area contributed by atoms with Gasteiger partial charge in [0, 0.05) is 137 Å². The molecule has 802 valence electrons. The maximum atomic E-state index is 13.1. The smallest absolute Gasteiger partial charge is 0.328 e. The van der Waals surface area contributed by atoms with Crippen molar-refractivity contribution in [3.63, 3.8) is 0 Å². The Hall–Kier alpha value is -13.7. The fourth-order valence-electron chi connectivity index (χ4n) is 11.9. The van der Waals surface area contributed by atoms with Crippen molar-refractivity contribution in [2.45, 2.75) is 135 Å². The van der Waals surface area contributed by atoms with E-state index in [1.54, 1.807) is 38.3 Å². The van der Waals surface area contributed by atoms with E-state index in [1.165, 1.54) is 24.3 Å².